The molecule has 1 heterocycles. The smallest absolute Gasteiger partial charge is 0.224 e. The third-order valence-electron chi connectivity index (χ3n) is 4.85. The number of sulfone groups is 1. The second-order valence-corrected chi connectivity index (χ2v) is 8.98. The van der Waals surface area contributed by atoms with E-state index in [4.69, 9.17) is 0 Å². The molecule has 132 valence electrons. The fourth-order valence-electron chi connectivity index (χ4n) is 3.50. The Bertz CT molecular complexity index is 532. The Morgan fingerprint density at radius 2 is 1.70 bits per heavy atom. The molecule has 1 saturated heterocycles. The molecule has 0 aromatic carbocycles. The van der Waals surface area contributed by atoms with Crippen molar-refractivity contribution in [1.82, 2.24) is 10.6 Å². The van der Waals surface area contributed by atoms with Crippen LogP contribution < -0.4 is 10.6 Å². The summed E-state index contributed by atoms with van der Waals surface area (Å²) in [6, 6.07) is -0.293. The normalized spacial score (nSPS) is 29.9. The monoisotopic (exact) mass is 344 g/mol. The second-order valence-electron chi connectivity index (χ2n) is 6.75. The van der Waals surface area contributed by atoms with Gasteiger partial charge in [0.2, 0.25) is 11.8 Å². The molecule has 6 nitrogen and oxygen atoms in total. The molecule has 0 aromatic rings. The van der Waals surface area contributed by atoms with E-state index in [1.165, 1.54) is 0 Å². The topological polar surface area (TPSA) is 92.3 Å². The molecule has 23 heavy (non-hydrogen) atoms. The summed E-state index contributed by atoms with van der Waals surface area (Å²) in [4.78, 5) is 24.9. The van der Waals surface area contributed by atoms with Crippen molar-refractivity contribution in [3.63, 3.8) is 0 Å². The first-order valence-electron chi connectivity index (χ1n) is 8.71. The summed E-state index contributed by atoms with van der Waals surface area (Å²) in [5.41, 5.74) is 0. The van der Waals surface area contributed by atoms with Gasteiger partial charge in [-0.15, -0.1) is 0 Å². The largest absolute Gasteiger partial charge is 0.356 e. The number of carbonyl (C=O) groups is 2. The Kier molecular flexibility index (Phi) is 6.44. The van der Waals surface area contributed by atoms with Gasteiger partial charge in [-0.25, -0.2) is 8.42 Å². The zero-order valence-corrected chi connectivity index (χ0v) is 14.7. The average molecular weight is 344 g/mol. The van der Waals surface area contributed by atoms with Gasteiger partial charge in [-0.1, -0.05) is 26.2 Å². The van der Waals surface area contributed by atoms with Crippen LogP contribution in [0.4, 0.5) is 0 Å². The third kappa shape index (κ3) is 5.19. The van der Waals surface area contributed by atoms with Crippen LogP contribution in [0.5, 0.6) is 0 Å². The van der Waals surface area contributed by atoms with Crippen molar-refractivity contribution < 1.29 is 18.0 Å². The Morgan fingerprint density at radius 3 is 2.26 bits per heavy atom. The molecule has 1 aliphatic carbocycles. The van der Waals surface area contributed by atoms with Crippen molar-refractivity contribution in [2.45, 2.75) is 57.9 Å². The number of nitrogens with one attached hydrogen (secondary N) is 2. The van der Waals surface area contributed by atoms with Gasteiger partial charge in [0, 0.05) is 24.4 Å². The van der Waals surface area contributed by atoms with E-state index in [1.807, 2.05) is 0 Å². The van der Waals surface area contributed by atoms with E-state index in [9.17, 15) is 18.0 Å². The summed E-state index contributed by atoms with van der Waals surface area (Å²) in [6.07, 6.45) is 5.79. The van der Waals surface area contributed by atoms with Gasteiger partial charge in [0.15, 0.2) is 9.84 Å². The maximum Gasteiger partial charge on any atom is 0.224 e. The zero-order chi connectivity index (χ0) is 16.9. The van der Waals surface area contributed by atoms with E-state index in [0.29, 0.717) is 19.4 Å². The van der Waals surface area contributed by atoms with Gasteiger partial charge >= 0.3 is 0 Å². The van der Waals surface area contributed by atoms with Crippen LogP contribution >= 0.6 is 0 Å². The number of rotatable bonds is 6. The second kappa shape index (κ2) is 8.13. The maximum absolute atomic E-state index is 12.5. The quantitative estimate of drug-likeness (QED) is 0.704. The number of unbranched alkanes of at least 4 members (excludes halogenated alkanes) is 1. The lowest BCUT2D eigenvalue weighted by atomic mass is 9.78. The lowest BCUT2D eigenvalue weighted by molar-refractivity contribution is -0.136. The summed E-state index contributed by atoms with van der Waals surface area (Å²) in [5, 5.41) is 5.79. The highest BCUT2D eigenvalue weighted by atomic mass is 32.2. The molecule has 2 amide bonds. The average Bonchev–Trinajstić information content (AvgIpc) is 2.86. The van der Waals surface area contributed by atoms with Crippen molar-refractivity contribution in [3.05, 3.63) is 0 Å². The highest BCUT2D eigenvalue weighted by Crippen LogP contribution is 2.31. The van der Waals surface area contributed by atoms with E-state index in [0.717, 1.165) is 32.1 Å². The van der Waals surface area contributed by atoms with Crippen LogP contribution in [0.3, 0.4) is 0 Å². The SMILES string of the molecule is CCCCNC(=O)[C@@H]1CCCC[C@@H]1C(=O)N[C@@H]1CCS(=O)(=O)C1. The van der Waals surface area contributed by atoms with E-state index >= 15 is 0 Å². The third-order valence-corrected chi connectivity index (χ3v) is 6.62. The lowest BCUT2D eigenvalue weighted by Gasteiger charge is -2.30. The molecule has 3 atom stereocenters. The van der Waals surface area contributed by atoms with Crippen LogP contribution in [-0.2, 0) is 19.4 Å². The number of hydrogen-bond donors (Lipinski definition) is 2. The molecule has 2 fully saturated rings. The van der Waals surface area contributed by atoms with Gasteiger partial charge < -0.3 is 10.6 Å². The van der Waals surface area contributed by atoms with Crippen molar-refractivity contribution in [3.8, 4) is 0 Å². The zero-order valence-electron chi connectivity index (χ0n) is 13.8. The highest BCUT2D eigenvalue weighted by molar-refractivity contribution is 7.91. The number of amides is 2. The van der Waals surface area contributed by atoms with Gasteiger partial charge in [-0.05, 0) is 25.7 Å². The Hall–Kier alpha value is -1.11. The molecule has 1 aliphatic heterocycles. The van der Waals surface area contributed by atoms with E-state index in [1.54, 1.807) is 0 Å². The molecular weight excluding hydrogens is 316 g/mol. The van der Waals surface area contributed by atoms with Gasteiger partial charge in [-0.3, -0.25) is 9.59 Å². The number of carbonyl (C=O) groups excluding carboxylic acids is 2. The molecule has 0 unspecified atom stereocenters. The summed E-state index contributed by atoms with van der Waals surface area (Å²) in [5.74, 6) is -0.616. The van der Waals surface area contributed by atoms with Crippen molar-refractivity contribution in [2.75, 3.05) is 18.1 Å². The van der Waals surface area contributed by atoms with E-state index in [-0.39, 0.29) is 41.2 Å². The van der Waals surface area contributed by atoms with Crippen molar-refractivity contribution >= 4 is 21.7 Å². The first kappa shape index (κ1) is 18.2. The molecule has 2 rings (SSSR count). The van der Waals surface area contributed by atoms with Gasteiger partial charge in [0.25, 0.3) is 0 Å². The summed E-state index contributed by atoms with van der Waals surface area (Å²) in [7, 11) is -3.01. The molecule has 0 bridgehead atoms. The Labute approximate surface area is 138 Å². The number of hydrogen-bond acceptors (Lipinski definition) is 4. The van der Waals surface area contributed by atoms with Crippen LogP contribution in [0.15, 0.2) is 0 Å². The van der Waals surface area contributed by atoms with Crippen molar-refractivity contribution in [2.24, 2.45) is 11.8 Å². The van der Waals surface area contributed by atoms with Crippen molar-refractivity contribution in [1.29, 1.82) is 0 Å². The predicted octanol–water partition coefficient (Wildman–Crippen LogP) is 1.01. The molecule has 0 spiro atoms. The minimum Gasteiger partial charge on any atom is -0.356 e. The molecule has 0 radical (unpaired) electrons. The predicted molar refractivity (Wildman–Crippen MR) is 88.6 cm³/mol. The molecule has 7 heteroatoms. The summed E-state index contributed by atoms with van der Waals surface area (Å²) < 4.78 is 23.0. The van der Waals surface area contributed by atoms with Crippen LogP contribution in [0.2, 0.25) is 0 Å². The van der Waals surface area contributed by atoms with E-state index in [2.05, 4.69) is 17.6 Å². The molecule has 0 aromatic heterocycles. The minimum absolute atomic E-state index is 0.0266. The fraction of sp³-hybridized carbons (Fsp3) is 0.875. The first-order valence-corrected chi connectivity index (χ1v) is 10.5. The summed E-state index contributed by atoms with van der Waals surface area (Å²) >= 11 is 0. The van der Waals surface area contributed by atoms with E-state index < -0.39 is 9.84 Å². The van der Waals surface area contributed by atoms with Gasteiger partial charge in [-0.2, -0.15) is 0 Å². The Balaban J connectivity index is 1.92. The summed E-state index contributed by atoms with van der Waals surface area (Å²) in [6.45, 7) is 2.72. The Morgan fingerprint density at radius 1 is 1.04 bits per heavy atom. The first-order chi connectivity index (χ1) is 10.9. The fourth-order valence-corrected chi connectivity index (χ4v) is 5.17. The van der Waals surface area contributed by atoms with Crippen LogP contribution in [0.25, 0.3) is 0 Å². The molecule has 2 N–H and O–H groups in total. The highest BCUT2D eigenvalue weighted by Gasteiger charge is 2.37. The minimum atomic E-state index is -3.01. The van der Waals surface area contributed by atoms with Crippen LogP contribution in [-0.4, -0.2) is 44.3 Å². The molecule has 2 aliphatic rings. The van der Waals surface area contributed by atoms with Gasteiger partial charge in [0.05, 0.1) is 11.5 Å². The maximum atomic E-state index is 12.5. The molecule has 1 saturated carbocycles. The van der Waals surface area contributed by atoms with Crippen LogP contribution in [0.1, 0.15) is 51.9 Å². The molecular formula is C16H28N2O4S. The lowest BCUT2D eigenvalue weighted by Crippen LogP contribution is -2.46. The van der Waals surface area contributed by atoms with Crippen LogP contribution in [0, 0.1) is 11.8 Å². The van der Waals surface area contributed by atoms with Gasteiger partial charge in [0.1, 0.15) is 0 Å². The standard InChI is InChI=1S/C16H28N2O4S/c1-2-3-9-17-15(19)13-6-4-5-7-14(13)16(20)18-12-8-10-23(21,22)11-12/h12-14H,2-11H2,1H3,(H,17,19)(H,18,20)/t12-,13-,14+/m1/s1.